The number of hydrogen-bond donors (Lipinski definition) is 1. The summed E-state index contributed by atoms with van der Waals surface area (Å²) in [5.74, 6) is 0.123. The monoisotopic (exact) mass is 383 g/mol. The van der Waals surface area contributed by atoms with Gasteiger partial charge in [-0.05, 0) is 36.8 Å². The van der Waals surface area contributed by atoms with Gasteiger partial charge in [0.15, 0.2) is 0 Å². The molecule has 0 unspecified atom stereocenters. The molecule has 0 saturated carbocycles. The van der Waals surface area contributed by atoms with E-state index in [2.05, 4.69) is 17.6 Å². The van der Waals surface area contributed by atoms with Crippen molar-refractivity contribution in [2.24, 2.45) is 0 Å². The molecule has 6 nitrogen and oxygen atoms in total. The first-order valence-corrected chi connectivity index (χ1v) is 8.58. The van der Waals surface area contributed by atoms with Crippen LogP contribution in [0.1, 0.15) is 15.9 Å². The summed E-state index contributed by atoms with van der Waals surface area (Å²) in [4.78, 5) is 28.0. The molecular formula is C20H17NO5S. The maximum absolute atomic E-state index is 11.9. The first-order valence-electron chi connectivity index (χ1n) is 8.13. The Morgan fingerprint density at radius 3 is 2.81 bits per heavy atom. The van der Waals surface area contributed by atoms with Crippen molar-refractivity contribution in [1.82, 2.24) is 4.98 Å². The van der Waals surface area contributed by atoms with E-state index in [-0.39, 0.29) is 6.61 Å². The molecule has 0 saturated heterocycles. The van der Waals surface area contributed by atoms with Crippen LogP contribution in [0, 0.1) is 0 Å². The van der Waals surface area contributed by atoms with Gasteiger partial charge in [0.2, 0.25) is 0 Å². The molecule has 0 aliphatic carbocycles. The number of fused-ring (bicyclic) bond motifs is 1. The molecular weight excluding hydrogens is 366 g/mol. The number of aromatic nitrogens is 1. The fraction of sp³-hybridized carbons (Fsp3) is 0.150. The first kappa shape index (κ1) is 18.7. The topological polar surface area (TPSA) is 78.6 Å². The average molecular weight is 383 g/mol. The van der Waals surface area contributed by atoms with Crippen molar-refractivity contribution < 1.29 is 18.7 Å². The molecule has 1 aromatic carbocycles. The van der Waals surface area contributed by atoms with Gasteiger partial charge in [0.25, 0.3) is 0 Å². The van der Waals surface area contributed by atoms with Crippen LogP contribution in [0.5, 0.6) is 5.75 Å². The highest BCUT2D eigenvalue weighted by Gasteiger charge is 2.11. The second-order valence-electron chi connectivity index (χ2n) is 5.64. The van der Waals surface area contributed by atoms with Gasteiger partial charge in [-0.15, -0.1) is 12.6 Å². The lowest BCUT2D eigenvalue weighted by Gasteiger charge is -2.10. The number of thiol groups is 1. The number of benzene rings is 1. The Morgan fingerprint density at radius 2 is 2.07 bits per heavy atom. The predicted molar refractivity (Wildman–Crippen MR) is 104 cm³/mol. The minimum Gasteiger partial charge on any atom is -0.496 e. The van der Waals surface area contributed by atoms with Crippen LogP contribution in [-0.4, -0.2) is 24.7 Å². The van der Waals surface area contributed by atoms with E-state index >= 15 is 0 Å². The van der Waals surface area contributed by atoms with Crippen LogP contribution in [0.15, 0.2) is 69.0 Å². The van der Waals surface area contributed by atoms with Crippen LogP contribution >= 0.6 is 12.6 Å². The molecule has 138 valence electrons. The summed E-state index contributed by atoms with van der Waals surface area (Å²) >= 11 is 4.36. The summed E-state index contributed by atoms with van der Waals surface area (Å²) in [7, 11) is 1.55. The molecule has 2 aromatic heterocycles. The molecule has 0 atom stereocenters. The normalized spacial score (nSPS) is 11.4. The zero-order valence-electron chi connectivity index (χ0n) is 14.5. The van der Waals surface area contributed by atoms with Gasteiger partial charge in [-0.1, -0.05) is 6.08 Å². The third kappa shape index (κ3) is 4.57. The number of carbonyl (C=O) groups excluding carboxylic acids is 1. The quantitative estimate of drug-likeness (QED) is 0.399. The number of methoxy groups -OCH3 is 1. The van der Waals surface area contributed by atoms with E-state index < -0.39 is 11.6 Å². The Labute approximate surface area is 160 Å². The molecule has 0 amide bonds. The van der Waals surface area contributed by atoms with Crippen LogP contribution in [0.25, 0.3) is 11.0 Å². The minimum absolute atomic E-state index is 0.0217. The number of esters is 1. The van der Waals surface area contributed by atoms with Crippen LogP contribution in [0.4, 0.5) is 0 Å². The Bertz CT molecular complexity index is 1040. The van der Waals surface area contributed by atoms with Crippen LogP contribution < -0.4 is 10.4 Å². The molecule has 0 fully saturated rings. The number of hydrogen-bond acceptors (Lipinski definition) is 7. The molecule has 27 heavy (non-hydrogen) atoms. The fourth-order valence-corrected chi connectivity index (χ4v) is 2.70. The second-order valence-corrected chi connectivity index (χ2v) is 6.21. The molecule has 0 aliphatic heterocycles. The third-order valence-corrected chi connectivity index (χ3v) is 4.17. The van der Waals surface area contributed by atoms with Crippen molar-refractivity contribution in [1.29, 1.82) is 0 Å². The van der Waals surface area contributed by atoms with Crippen molar-refractivity contribution in [2.75, 3.05) is 13.7 Å². The summed E-state index contributed by atoms with van der Waals surface area (Å²) in [6, 6.07) is 9.99. The first-order chi connectivity index (χ1) is 13.1. The Kier molecular flexibility index (Phi) is 5.93. The highest BCUT2D eigenvalue weighted by atomic mass is 32.1. The molecule has 2 heterocycles. The summed E-state index contributed by atoms with van der Waals surface area (Å²) in [5, 5.41) is 0.794. The Morgan fingerprint density at radius 1 is 1.26 bits per heavy atom. The van der Waals surface area contributed by atoms with Crippen LogP contribution in [0.3, 0.4) is 0 Å². The third-order valence-electron chi connectivity index (χ3n) is 3.86. The summed E-state index contributed by atoms with van der Waals surface area (Å²) in [6.45, 7) is 0.0217. The van der Waals surface area contributed by atoms with E-state index in [4.69, 9.17) is 13.9 Å². The Hall–Kier alpha value is -3.06. The molecule has 3 rings (SSSR count). The summed E-state index contributed by atoms with van der Waals surface area (Å²) in [6.07, 6.45) is 5.20. The van der Waals surface area contributed by atoms with Crippen LogP contribution in [-0.2, 0) is 11.2 Å². The average Bonchev–Trinajstić information content (AvgIpc) is 2.70. The highest BCUT2D eigenvalue weighted by Crippen LogP contribution is 2.28. The SMILES string of the molecule is COc1ccc2ccc(=O)oc2c1C/C=C(/S)COC(=O)c1cccnc1. The number of ether oxygens (including phenoxy) is 2. The van der Waals surface area contributed by atoms with Gasteiger partial charge in [-0.25, -0.2) is 9.59 Å². The number of carbonyl (C=O) groups is 1. The molecule has 0 bridgehead atoms. The zero-order valence-corrected chi connectivity index (χ0v) is 15.4. The van der Waals surface area contributed by atoms with E-state index in [0.717, 1.165) is 10.9 Å². The van der Waals surface area contributed by atoms with Crippen LogP contribution in [0.2, 0.25) is 0 Å². The molecule has 7 heteroatoms. The predicted octanol–water partition coefficient (Wildman–Crippen LogP) is 3.41. The van der Waals surface area contributed by atoms with Gasteiger partial charge in [0.05, 0.1) is 12.7 Å². The van der Waals surface area contributed by atoms with E-state index in [1.54, 1.807) is 37.6 Å². The van der Waals surface area contributed by atoms with Gasteiger partial charge >= 0.3 is 11.6 Å². The number of rotatable bonds is 6. The smallest absolute Gasteiger partial charge is 0.340 e. The maximum atomic E-state index is 11.9. The largest absolute Gasteiger partial charge is 0.496 e. The van der Waals surface area contributed by atoms with Gasteiger partial charge in [-0.2, -0.15) is 0 Å². The minimum atomic E-state index is -0.475. The standard InChI is InChI=1S/C20H17NO5S/c1-24-17-8-4-13-5-9-18(22)26-19(13)16(17)7-6-15(27)12-25-20(23)14-3-2-10-21-11-14/h2-6,8-11,27H,7,12H2,1H3/b15-6+. The van der Waals surface area contributed by atoms with Gasteiger partial charge < -0.3 is 13.9 Å². The van der Waals surface area contributed by atoms with Crippen molar-refractivity contribution in [2.45, 2.75) is 6.42 Å². The maximum Gasteiger partial charge on any atom is 0.340 e. The summed E-state index contributed by atoms with van der Waals surface area (Å²) in [5.41, 5.74) is 1.12. The Balaban J connectivity index is 1.76. The van der Waals surface area contributed by atoms with E-state index in [9.17, 15) is 9.59 Å². The van der Waals surface area contributed by atoms with E-state index in [0.29, 0.717) is 28.2 Å². The van der Waals surface area contributed by atoms with Gasteiger partial charge in [0, 0.05) is 34.3 Å². The molecule has 3 aromatic rings. The van der Waals surface area contributed by atoms with Gasteiger partial charge in [0.1, 0.15) is 17.9 Å². The lowest BCUT2D eigenvalue weighted by molar-refractivity contribution is 0.0546. The van der Waals surface area contributed by atoms with E-state index in [1.165, 1.54) is 12.3 Å². The summed E-state index contributed by atoms with van der Waals surface area (Å²) < 4.78 is 15.9. The second kappa shape index (κ2) is 8.55. The molecule has 0 N–H and O–H groups in total. The van der Waals surface area contributed by atoms with Crippen molar-refractivity contribution in [3.8, 4) is 5.75 Å². The van der Waals surface area contributed by atoms with Crippen molar-refractivity contribution in [3.63, 3.8) is 0 Å². The molecule has 0 radical (unpaired) electrons. The number of allylic oxidation sites excluding steroid dienone is 1. The van der Waals surface area contributed by atoms with Crippen molar-refractivity contribution in [3.05, 3.63) is 81.3 Å². The highest BCUT2D eigenvalue weighted by molar-refractivity contribution is 7.84. The molecule has 0 spiro atoms. The fourth-order valence-electron chi connectivity index (χ4n) is 2.54. The van der Waals surface area contributed by atoms with E-state index in [1.807, 2.05) is 12.1 Å². The lowest BCUT2D eigenvalue weighted by Crippen LogP contribution is -2.07. The van der Waals surface area contributed by atoms with Gasteiger partial charge in [-0.3, -0.25) is 4.98 Å². The molecule has 0 aliphatic rings. The lowest BCUT2D eigenvalue weighted by atomic mass is 10.1. The number of pyridine rings is 1. The van der Waals surface area contributed by atoms with Crippen molar-refractivity contribution >= 4 is 29.6 Å². The number of nitrogens with zero attached hydrogens (tertiary/aromatic N) is 1. The zero-order chi connectivity index (χ0) is 19.2.